The van der Waals surface area contributed by atoms with Gasteiger partial charge in [0, 0.05) is 29.3 Å². The fourth-order valence-corrected chi connectivity index (χ4v) is 4.47. The third kappa shape index (κ3) is 11.7. The van der Waals surface area contributed by atoms with Crippen LogP contribution in [-0.4, -0.2) is 32.4 Å². The summed E-state index contributed by atoms with van der Waals surface area (Å²) in [5.74, 6) is -0.923. The van der Waals surface area contributed by atoms with Crippen LogP contribution in [0.15, 0.2) is 24.3 Å². The molecule has 0 radical (unpaired) electrons. The van der Waals surface area contributed by atoms with Crippen molar-refractivity contribution in [1.82, 2.24) is 0 Å². The van der Waals surface area contributed by atoms with Gasteiger partial charge in [-0.15, -0.1) is 0 Å². The molecule has 2 rings (SSSR count). The Balaban J connectivity index is 0.000000762. The number of carboxylic acid groups (broad SMARTS) is 2. The van der Waals surface area contributed by atoms with Crippen molar-refractivity contribution in [3.05, 3.63) is 57.6 Å². The Morgan fingerprint density at radius 2 is 0.707 bits per heavy atom. The van der Waals surface area contributed by atoms with Crippen LogP contribution in [0.3, 0.4) is 0 Å². The molecule has 0 aliphatic rings. The summed E-state index contributed by atoms with van der Waals surface area (Å²) in [6.45, 7) is 24.6. The van der Waals surface area contributed by atoms with Crippen molar-refractivity contribution < 1.29 is 46.5 Å². The fourth-order valence-electron chi connectivity index (χ4n) is 4.47. The number of carboxylic acids is 2. The number of rotatable bonds is 6. The molecule has 0 spiro atoms. The predicted octanol–water partition coefficient (Wildman–Crippen LogP) is 8.01. The van der Waals surface area contributed by atoms with Crippen molar-refractivity contribution >= 4 is 11.9 Å². The van der Waals surface area contributed by atoms with E-state index in [1.165, 1.54) is 0 Å². The monoisotopic (exact) mass is 614 g/mol. The maximum absolute atomic E-state index is 10.8. The summed E-state index contributed by atoms with van der Waals surface area (Å²) in [6, 6.07) is 7.75. The smallest absolute Gasteiger partial charge is 0.303 e. The Labute approximate surface area is 257 Å². The number of aliphatic carboxylic acids is 2. The zero-order chi connectivity index (χ0) is 31.4. The van der Waals surface area contributed by atoms with Gasteiger partial charge in [-0.05, 0) is 67.9 Å². The number of benzene rings is 2. The van der Waals surface area contributed by atoms with Gasteiger partial charge in [0.2, 0.25) is 0 Å². The number of hydrogen-bond acceptors (Lipinski definition) is 4. The van der Waals surface area contributed by atoms with Crippen molar-refractivity contribution in [1.29, 1.82) is 0 Å². The fraction of sp³-hybridized carbons (Fsp3) is 0.588. The zero-order valence-corrected chi connectivity index (χ0v) is 28.0. The molecular weight excluding hydrogens is 563 g/mol. The van der Waals surface area contributed by atoms with Crippen molar-refractivity contribution in [3.8, 4) is 11.5 Å². The van der Waals surface area contributed by atoms with E-state index in [1.54, 1.807) is 0 Å². The first-order valence-corrected chi connectivity index (χ1v) is 14.0. The van der Waals surface area contributed by atoms with E-state index in [1.807, 2.05) is 24.3 Å². The molecule has 0 fully saturated rings. The number of hydrogen-bond donors (Lipinski definition) is 4. The third-order valence-corrected chi connectivity index (χ3v) is 6.83. The summed E-state index contributed by atoms with van der Waals surface area (Å²) in [7, 11) is 0. The molecule has 0 aliphatic heterocycles. The van der Waals surface area contributed by atoms with E-state index in [4.69, 9.17) is 10.2 Å². The van der Waals surface area contributed by atoms with Gasteiger partial charge in [-0.2, -0.15) is 0 Å². The minimum atomic E-state index is -0.798. The zero-order valence-electron chi connectivity index (χ0n) is 27.1. The summed E-state index contributed by atoms with van der Waals surface area (Å²) >= 11 is 0. The van der Waals surface area contributed by atoms with Crippen molar-refractivity contribution in [2.75, 3.05) is 0 Å². The number of carbonyl (C=O) groups is 2. The minimum absolute atomic E-state index is 0. The molecule has 0 saturated carbocycles. The quantitative estimate of drug-likeness (QED) is 0.245. The molecule has 2 aromatic rings. The Kier molecular flexibility index (Phi) is 13.2. The van der Waals surface area contributed by atoms with Crippen LogP contribution in [0.2, 0.25) is 0 Å². The third-order valence-electron chi connectivity index (χ3n) is 6.83. The van der Waals surface area contributed by atoms with Crippen LogP contribution in [0.4, 0.5) is 0 Å². The van der Waals surface area contributed by atoms with Gasteiger partial charge in [0.15, 0.2) is 0 Å². The maximum atomic E-state index is 10.8. The van der Waals surface area contributed by atoms with Crippen LogP contribution >= 0.6 is 0 Å². The molecule has 0 atom stereocenters. The number of phenols is 2. The first-order chi connectivity index (χ1) is 17.9. The maximum Gasteiger partial charge on any atom is 0.303 e. The van der Waals surface area contributed by atoms with Gasteiger partial charge in [-0.1, -0.05) is 107 Å². The van der Waals surface area contributed by atoms with Crippen molar-refractivity contribution in [2.45, 2.75) is 130 Å². The predicted molar refractivity (Wildman–Crippen MR) is 163 cm³/mol. The van der Waals surface area contributed by atoms with Crippen LogP contribution in [0.1, 0.15) is 129 Å². The van der Waals surface area contributed by atoms with E-state index >= 15 is 0 Å². The molecule has 234 valence electrons. The van der Waals surface area contributed by atoms with Crippen LogP contribution < -0.4 is 0 Å². The van der Waals surface area contributed by atoms with Gasteiger partial charge in [-0.25, -0.2) is 0 Å². The molecule has 0 amide bonds. The summed E-state index contributed by atoms with van der Waals surface area (Å²) in [5, 5.41) is 38.8. The summed E-state index contributed by atoms with van der Waals surface area (Å²) in [6.07, 6.45) is 1.19. The van der Waals surface area contributed by atoms with E-state index < -0.39 is 11.9 Å². The normalized spacial score (nSPS) is 12.2. The number of phenolic OH excluding ortho intramolecular Hbond substituents is 2. The van der Waals surface area contributed by atoms with E-state index in [2.05, 4.69) is 83.1 Å². The average Bonchev–Trinajstić information content (AvgIpc) is 2.74. The Hall–Kier alpha value is -2.53. The van der Waals surface area contributed by atoms with Crippen LogP contribution in [-0.2, 0) is 60.6 Å². The van der Waals surface area contributed by atoms with Gasteiger partial charge in [0.1, 0.15) is 11.5 Å². The molecule has 41 heavy (non-hydrogen) atoms. The summed E-state index contributed by atoms with van der Waals surface area (Å²) < 4.78 is 0. The Morgan fingerprint density at radius 1 is 0.512 bits per heavy atom. The number of aryl methyl sites for hydroxylation is 2. The molecule has 0 aromatic heterocycles. The van der Waals surface area contributed by atoms with Gasteiger partial charge in [0.25, 0.3) is 0 Å². The van der Waals surface area contributed by atoms with Gasteiger partial charge in [0.05, 0.1) is 0 Å². The van der Waals surface area contributed by atoms with Gasteiger partial charge in [-0.3, -0.25) is 9.59 Å². The second kappa shape index (κ2) is 14.1. The van der Waals surface area contributed by atoms with E-state index in [-0.39, 0.29) is 51.0 Å². The molecule has 0 bridgehead atoms. The standard InChI is InChI=1S/2C17H26O3.Ni/c2*1-16(2,3)12-9-11(7-8-14(18)19)10-13(15(12)20)17(4,5)6;/h2*9-10,20H,7-8H2,1-6H3,(H,18,19);. The largest absolute Gasteiger partial charge is 0.507 e. The van der Waals surface area contributed by atoms with Crippen LogP contribution in [0.5, 0.6) is 11.5 Å². The molecule has 6 nitrogen and oxygen atoms in total. The molecule has 0 aliphatic carbocycles. The topological polar surface area (TPSA) is 115 Å². The molecule has 7 heteroatoms. The molecule has 4 N–H and O–H groups in total. The first kappa shape index (κ1) is 38.5. The van der Waals surface area contributed by atoms with Crippen LogP contribution in [0.25, 0.3) is 0 Å². The van der Waals surface area contributed by atoms with E-state index in [0.29, 0.717) is 24.3 Å². The van der Waals surface area contributed by atoms with Crippen molar-refractivity contribution in [3.63, 3.8) is 0 Å². The Morgan fingerprint density at radius 3 is 0.854 bits per heavy atom. The van der Waals surface area contributed by atoms with Gasteiger partial charge >= 0.3 is 11.9 Å². The SMILES string of the molecule is CC(C)(C)c1cc(CCC(=O)O)cc(C(C)(C)C)c1O.CC(C)(C)c1cc(CCC(=O)O)cc(C(C)(C)C)c1O.[Ni]. The van der Waals surface area contributed by atoms with Crippen LogP contribution in [0, 0.1) is 0 Å². The average molecular weight is 615 g/mol. The number of aromatic hydroxyl groups is 2. The molecule has 0 heterocycles. The summed E-state index contributed by atoms with van der Waals surface area (Å²) in [4.78, 5) is 21.5. The first-order valence-electron chi connectivity index (χ1n) is 14.0. The van der Waals surface area contributed by atoms with E-state index in [0.717, 1.165) is 33.4 Å². The molecule has 0 saturated heterocycles. The molecule has 0 unspecified atom stereocenters. The second-order valence-electron chi connectivity index (χ2n) is 14.9. The molecular formula is C34H52NiO6. The minimum Gasteiger partial charge on any atom is -0.507 e. The Bertz CT molecular complexity index is 1040. The second-order valence-corrected chi connectivity index (χ2v) is 14.9. The molecule has 2 aromatic carbocycles. The van der Waals surface area contributed by atoms with Crippen molar-refractivity contribution in [2.24, 2.45) is 0 Å². The van der Waals surface area contributed by atoms with E-state index in [9.17, 15) is 19.8 Å². The summed E-state index contributed by atoms with van der Waals surface area (Å²) in [5.41, 5.74) is 4.76. The van der Waals surface area contributed by atoms with Gasteiger partial charge < -0.3 is 20.4 Å².